The van der Waals surface area contributed by atoms with E-state index in [-0.39, 0.29) is 35.9 Å². The number of aryl methyl sites for hydroxylation is 1. The van der Waals surface area contributed by atoms with Crippen LogP contribution in [0.5, 0.6) is 5.75 Å². The Hall–Kier alpha value is -4.15. The van der Waals surface area contributed by atoms with Crippen molar-refractivity contribution in [1.29, 1.82) is 0 Å². The Morgan fingerprint density at radius 1 is 1.06 bits per heavy atom. The van der Waals surface area contributed by atoms with Crippen molar-refractivity contribution in [3.8, 4) is 11.7 Å². The third kappa shape index (κ3) is 2.78. The first-order chi connectivity index (χ1) is 15.9. The number of benzene rings is 2. The summed E-state index contributed by atoms with van der Waals surface area (Å²) in [7, 11) is 1.55. The summed E-state index contributed by atoms with van der Waals surface area (Å²) >= 11 is 0. The SMILES string of the molecule is Cn1c(=O)n(C2CCOc3c(F)ccc(F)c32)c2nc(-n3cnc4ccc(F)cc43)ncc21. The van der Waals surface area contributed by atoms with Gasteiger partial charge in [-0.25, -0.2) is 27.9 Å². The molecule has 1 aliphatic heterocycles. The van der Waals surface area contributed by atoms with Crippen molar-refractivity contribution in [2.45, 2.75) is 12.5 Å². The van der Waals surface area contributed by atoms with Gasteiger partial charge in [0.1, 0.15) is 23.5 Å². The second-order valence-corrected chi connectivity index (χ2v) is 7.76. The predicted molar refractivity (Wildman–Crippen MR) is 112 cm³/mol. The zero-order chi connectivity index (χ0) is 22.9. The fraction of sp³-hybridized carbons (Fsp3) is 0.182. The molecule has 0 N–H and O–H groups in total. The van der Waals surface area contributed by atoms with E-state index in [9.17, 15) is 18.0 Å². The maximum atomic E-state index is 14.8. The molecule has 0 aliphatic carbocycles. The van der Waals surface area contributed by atoms with Gasteiger partial charge >= 0.3 is 5.69 Å². The minimum absolute atomic E-state index is 0.0360. The van der Waals surface area contributed by atoms with Gasteiger partial charge < -0.3 is 4.74 Å². The average molecular weight is 452 g/mol. The van der Waals surface area contributed by atoms with Gasteiger partial charge in [0.15, 0.2) is 17.2 Å². The van der Waals surface area contributed by atoms with E-state index in [0.717, 1.165) is 12.1 Å². The number of imidazole rings is 2. The standard InChI is InChI=1S/C22H15F3N6O2/c1-29-17-9-26-21(30-10-27-14-5-2-11(23)8-16(14)30)28-20(17)31(22(29)32)15-6-7-33-19-13(25)4-3-12(24)18(15)19/h2-5,8-10,15H,6-7H2,1H3. The first kappa shape index (κ1) is 19.5. The van der Waals surface area contributed by atoms with Crippen LogP contribution in [-0.4, -0.2) is 35.3 Å². The molecule has 11 heteroatoms. The van der Waals surface area contributed by atoms with E-state index < -0.39 is 29.2 Å². The minimum Gasteiger partial charge on any atom is -0.490 e. The lowest BCUT2D eigenvalue weighted by Gasteiger charge is -2.27. The zero-order valence-electron chi connectivity index (χ0n) is 17.2. The summed E-state index contributed by atoms with van der Waals surface area (Å²) in [5.41, 5.74) is 1.13. The van der Waals surface area contributed by atoms with Crippen LogP contribution in [0.15, 0.2) is 47.7 Å². The number of halogens is 3. The predicted octanol–water partition coefficient (Wildman–Crippen LogP) is 3.26. The number of aromatic nitrogens is 6. The molecule has 2 aromatic carbocycles. The molecule has 4 heterocycles. The second kappa shape index (κ2) is 6.92. The normalized spacial score (nSPS) is 15.7. The van der Waals surface area contributed by atoms with Crippen molar-refractivity contribution in [3.63, 3.8) is 0 Å². The van der Waals surface area contributed by atoms with Crippen molar-refractivity contribution in [1.82, 2.24) is 28.7 Å². The zero-order valence-corrected chi connectivity index (χ0v) is 17.2. The highest BCUT2D eigenvalue weighted by atomic mass is 19.1. The first-order valence-electron chi connectivity index (χ1n) is 10.1. The molecular weight excluding hydrogens is 437 g/mol. The lowest BCUT2D eigenvalue weighted by atomic mass is 9.99. The lowest BCUT2D eigenvalue weighted by molar-refractivity contribution is 0.238. The molecule has 1 aliphatic rings. The van der Waals surface area contributed by atoms with Gasteiger partial charge in [-0.05, 0) is 24.3 Å². The molecule has 3 aromatic heterocycles. The van der Waals surface area contributed by atoms with Gasteiger partial charge in [0.05, 0.1) is 35.4 Å². The topological polar surface area (TPSA) is 79.8 Å². The summed E-state index contributed by atoms with van der Waals surface area (Å²) in [4.78, 5) is 26.3. The van der Waals surface area contributed by atoms with Crippen LogP contribution >= 0.6 is 0 Å². The number of fused-ring (bicyclic) bond motifs is 3. The molecule has 0 fully saturated rings. The van der Waals surface area contributed by atoms with Crippen molar-refractivity contribution in [3.05, 3.63) is 76.4 Å². The molecular formula is C22H15F3N6O2. The summed E-state index contributed by atoms with van der Waals surface area (Å²) in [5.74, 6) is -1.88. The largest absolute Gasteiger partial charge is 0.490 e. The Morgan fingerprint density at radius 3 is 2.73 bits per heavy atom. The van der Waals surface area contributed by atoms with Gasteiger partial charge in [0.2, 0.25) is 5.95 Å². The van der Waals surface area contributed by atoms with E-state index in [0.29, 0.717) is 16.6 Å². The fourth-order valence-electron chi connectivity index (χ4n) is 4.35. The summed E-state index contributed by atoms with van der Waals surface area (Å²) in [6.07, 6.45) is 3.16. The molecule has 33 heavy (non-hydrogen) atoms. The minimum atomic E-state index is -0.833. The smallest absolute Gasteiger partial charge is 0.330 e. The van der Waals surface area contributed by atoms with Crippen LogP contribution in [0.2, 0.25) is 0 Å². The third-order valence-electron chi connectivity index (χ3n) is 5.92. The van der Waals surface area contributed by atoms with Crippen molar-refractivity contribution >= 4 is 22.2 Å². The van der Waals surface area contributed by atoms with Gasteiger partial charge in [0, 0.05) is 19.5 Å². The van der Waals surface area contributed by atoms with Crippen LogP contribution < -0.4 is 10.4 Å². The maximum absolute atomic E-state index is 14.8. The first-order valence-corrected chi connectivity index (χ1v) is 10.1. The second-order valence-electron chi connectivity index (χ2n) is 7.76. The maximum Gasteiger partial charge on any atom is 0.330 e. The molecule has 0 radical (unpaired) electrons. The molecule has 0 saturated carbocycles. The number of rotatable bonds is 2. The van der Waals surface area contributed by atoms with Crippen molar-refractivity contribution in [2.75, 3.05) is 6.61 Å². The Bertz CT molecular complexity index is 1640. The summed E-state index contributed by atoms with van der Waals surface area (Å²) < 4.78 is 52.5. The van der Waals surface area contributed by atoms with Crippen LogP contribution in [-0.2, 0) is 7.05 Å². The number of ether oxygens (including phenoxy) is 1. The Labute approximate surface area is 183 Å². The molecule has 1 unspecified atom stereocenters. The highest BCUT2D eigenvalue weighted by Crippen LogP contribution is 2.39. The van der Waals surface area contributed by atoms with E-state index in [2.05, 4.69) is 15.0 Å². The molecule has 0 amide bonds. The number of nitrogens with zero attached hydrogens (tertiary/aromatic N) is 6. The van der Waals surface area contributed by atoms with Crippen LogP contribution in [0.4, 0.5) is 13.2 Å². The summed E-state index contributed by atoms with van der Waals surface area (Å²) in [6, 6.07) is 5.31. The molecule has 0 saturated heterocycles. The van der Waals surface area contributed by atoms with Crippen LogP contribution in [0.25, 0.3) is 28.1 Å². The van der Waals surface area contributed by atoms with Crippen molar-refractivity contribution in [2.24, 2.45) is 7.05 Å². The Balaban J connectivity index is 1.61. The third-order valence-corrected chi connectivity index (χ3v) is 5.92. The van der Waals surface area contributed by atoms with Gasteiger partial charge in [-0.3, -0.25) is 13.7 Å². The van der Waals surface area contributed by atoms with Gasteiger partial charge in [-0.2, -0.15) is 4.98 Å². The summed E-state index contributed by atoms with van der Waals surface area (Å²) in [5, 5.41) is 0. The van der Waals surface area contributed by atoms with Gasteiger partial charge in [-0.1, -0.05) is 0 Å². The highest BCUT2D eigenvalue weighted by Gasteiger charge is 2.32. The lowest BCUT2D eigenvalue weighted by Crippen LogP contribution is -2.31. The molecule has 0 bridgehead atoms. The van der Waals surface area contributed by atoms with Crippen molar-refractivity contribution < 1.29 is 17.9 Å². The molecule has 5 aromatic rings. The quantitative estimate of drug-likeness (QED) is 0.411. The van der Waals surface area contributed by atoms with Gasteiger partial charge in [-0.15, -0.1) is 0 Å². The molecule has 0 spiro atoms. The van der Waals surface area contributed by atoms with E-state index in [4.69, 9.17) is 4.74 Å². The molecule has 8 nitrogen and oxygen atoms in total. The fourth-order valence-corrected chi connectivity index (χ4v) is 4.35. The summed E-state index contributed by atoms with van der Waals surface area (Å²) in [6.45, 7) is 0.101. The number of hydrogen-bond donors (Lipinski definition) is 0. The Morgan fingerprint density at radius 2 is 1.88 bits per heavy atom. The van der Waals surface area contributed by atoms with E-state index in [1.165, 1.54) is 44.4 Å². The molecule has 166 valence electrons. The molecule has 6 rings (SSSR count). The van der Waals surface area contributed by atoms with Crippen LogP contribution in [0.1, 0.15) is 18.0 Å². The monoisotopic (exact) mass is 452 g/mol. The molecule has 1 atom stereocenters. The van der Waals surface area contributed by atoms with E-state index >= 15 is 0 Å². The van der Waals surface area contributed by atoms with E-state index in [1.807, 2.05) is 0 Å². The Kier molecular flexibility index (Phi) is 4.10. The van der Waals surface area contributed by atoms with Gasteiger partial charge in [0.25, 0.3) is 0 Å². The van der Waals surface area contributed by atoms with E-state index in [1.54, 1.807) is 7.05 Å². The average Bonchev–Trinajstić information content (AvgIpc) is 3.34. The highest BCUT2D eigenvalue weighted by molar-refractivity contribution is 5.77. The number of hydrogen-bond acceptors (Lipinski definition) is 5. The van der Waals surface area contributed by atoms with Crippen LogP contribution in [0.3, 0.4) is 0 Å². The van der Waals surface area contributed by atoms with Crippen LogP contribution in [0, 0.1) is 17.5 Å².